The zero-order valence-corrected chi connectivity index (χ0v) is 11.0. The molecule has 1 aliphatic heterocycles. The van der Waals surface area contributed by atoms with Gasteiger partial charge in [-0.2, -0.15) is 0 Å². The number of nitrogens with zero attached hydrogens (tertiary/aromatic N) is 1. The number of ether oxygens (including phenoxy) is 1. The molecule has 3 heteroatoms. The lowest BCUT2D eigenvalue weighted by atomic mass is 10.1. The van der Waals surface area contributed by atoms with Crippen LogP contribution in [-0.4, -0.2) is 5.90 Å². The van der Waals surface area contributed by atoms with Crippen molar-refractivity contribution in [3.05, 3.63) is 71.3 Å². The Balaban J connectivity index is 1.85. The summed E-state index contributed by atoms with van der Waals surface area (Å²) in [6.45, 7) is 3.92. The van der Waals surface area contributed by atoms with Gasteiger partial charge in [0, 0.05) is 18.1 Å². The highest BCUT2D eigenvalue weighted by molar-refractivity contribution is 5.94. The van der Waals surface area contributed by atoms with Crippen molar-refractivity contribution < 1.29 is 9.57 Å². The van der Waals surface area contributed by atoms with Gasteiger partial charge < -0.3 is 9.57 Å². The molecule has 0 saturated carbocycles. The van der Waals surface area contributed by atoms with E-state index in [-0.39, 0.29) is 0 Å². The average Bonchev–Trinajstić information content (AvgIpc) is 2.85. The van der Waals surface area contributed by atoms with Crippen LogP contribution in [0.1, 0.15) is 23.6 Å². The summed E-state index contributed by atoms with van der Waals surface area (Å²) in [5, 5.41) is 4.06. The summed E-state index contributed by atoms with van der Waals surface area (Å²) in [5.74, 6) is -0.326. The Morgan fingerprint density at radius 2 is 1.63 bits per heavy atom. The van der Waals surface area contributed by atoms with Crippen molar-refractivity contribution in [3.63, 3.8) is 0 Å². The largest absolute Gasteiger partial charge is 0.426 e. The summed E-state index contributed by atoms with van der Waals surface area (Å²) in [7, 11) is 0. The molecule has 0 radical (unpaired) electrons. The first-order valence-electron chi connectivity index (χ1n) is 6.25. The minimum absolute atomic E-state index is 0.520. The van der Waals surface area contributed by atoms with Crippen molar-refractivity contribution >= 4 is 5.90 Å². The standard InChI is InChI=1S/C16H15NO2/c1-12-8-10-13(11-9-12)15-17-19-16(2,18-15)14-6-4-3-5-7-14/h3-11H,1-2H3. The number of oxime groups is 1. The summed E-state index contributed by atoms with van der Waals surface area (Å²) in [4.78, 5) is 5.49. The molecule has 0 saturated heterocycles. The molecule has 0 N–H and O–H groups in total. The monoisotopic (exact) mass is 253 g/mol. The summed E-state index contributed by atoms with van der Waals surface area (Å²) in [5.41, 5.74) is 3.07. The second-order valence-corrected chi connectivity index (χ2v) is 4.77. The smallest absolute Gasteiger partial charge is 0.301 e. The fourth-order valence-electron chi connectivity index (χ4n) is 2.01. The van der Waals surface area contributed by atoms with Crippen LogP contribution < -0.4 is 0 Å². The summed E-state index contributed by atoms with van der Waals surface area (Å²) < 4.78 is 5.89. The fraction of sp³-hybridized carbons (Fsp3) is 0.188. The van der Waals surface area contributed by atoms with E-state index in [0.29, 0.717) is 5.90 Å². The molecule has 0 aliphatic carbocycles. The van der Waals surface area contributed by atoms with Crippen LogP contribution >= 0.6 is 0 Å². The van der Waals surface area contributed by atoms with Gasteiger partial charge in [-0.25, -0.2) is 0 Å². The normalized spacial score (nSPS) is 21.5. The summed E-state index contributed by atoms with van der Waals surface area (Å²) in [6.07, 6.45) is 0. The number of aryl methyl sites for hydroxylation is 1. The van der Waals surface area contributed by atoms with E-state index < -0.39 is 5.79 Å². The molecule has 1 aliphatic rings. The molecule has 3 nitrogen and oxygen atoms in total. The van der Waals surface area contributed by atoms with Gasteiger partial charge in [-0.3, -0.25) is 0 Å². The molecular weight excluding hydrogens is 238 g/mol. The molecule has 96 valence electrons. The molecule has 2 aromatic rings. The van der Waals surface area contributed by atoms with Crippen LogP contribution in [0.25, 0.3) is 0 Å². The van der Waals surface area contributed by atoms with Crippen molar-refractivity contribution in [3.8, 4) is 0 Å². The van der Waals surface area contributed by atoms with Gasteiger partial charge in [-0.1, -0.05) is 48.0 Å². The molecule has 1 atom stereocenters. The Morgan fingerprint density at radius 3 is 2.32 bits per heavy atom. The molecule has 3 rings (SSSR count). The van der Waals surface area contributed by atoms with Crippen LogP contribution in [0.4, 0.5) is 0 Å². The number of hydrogen-bond donors (Lipinski definition) is 0. The highest BCUT2D eigenvalue weighted by atomic mass is 16.8. The first kappa shape index (κ1) is 11.8. The van der Waals surface area contributed by atoms with Crippen LogP contribution in [0.5, 0.6) is 0 Å². The van der Waals surface area contributed by atoms with E-state index in [1.165, 1.54) is 5.56 Å². The lowest BCUT2D eigenvalue weighted by Gasteiger charge is -2.21. The predicted molar refractivity (Wildman–Crippen MR) is 73.7 cm³/mol. The molecule has 1 unspecified atom stereocenters. The van der Waals surface area contributed by atoms with Gasteiger partial charge in [0.2, 0.25) is 0 Å². The second-order valence-electron chi connectivity index (χ2n) is 4.77. The van der Waals surface area contributed by atoms with Crippen molar-refractivity contribution in [2.75, 3.05) is 0 Å². The van der Waals surface area contributed by atoms with Crippen LogP contribution in [0.3, 0.4) is 0 Å². The van der Waals surface area contributed by atoms with Gasteiger partial charge in [-0.05, 0) is 24.2 Å². The molecule has 19 heavy (non-hydrogen) atoms. The van der Waals surface area contributed by atoms with E-state index in [9.17, 15) is 0 Å². The minimum Gasteiger partial charge on any atom is -0.426 e. The highest BCUT2D eigenvalue weighted by Gasteiger charge is 2.38. The van der Waals surface area contributed by atoms with Gasteiger partial charge >= 0.3 is 5.79 Å². The van der Waals surface area contributed by atoms with Crippen LogP contribution in [0, 0.1) is 6.92 Å². The number of hydrogen-bond acceptors (Lipinski definition) is 3. The molecule has 0 amide bonds. The van der Waals surface area contributed by atoms with Crippen molar-refractivity contribution in [1.82, 2.24) is 0 Å². The third kappa shape index (κ3) is 2.19. The quantitative estimate of drug-likeness (QED) is 0.819. The van der Waals surface area contributed by atoms with E-state index in [0.717, 1.165) is 11.1 Å². The van der Waals surface area contributed by atoms with Crippen molar-refractivity contribution in [2.45, 2.75) is 19.6 Å². The molecule has 2 aromatic carbocycles. The van der Waals surface area contributed by atoms with E-state index in [1.54, 1.807) is 0 Å². The summed E-state index contributed by atoms with van der Waals surface area (Å²) in [6, 6.07) is 17.8. The third-order valence-corrected chi connectivity index (χ3v) is 3.19. The van der Waals surface area contributed by atoms with E-state index >= 15 is 0 Å². The maximum absolute atomic E-state index is 5.89. The second kappa shape index (κ2) is 4.43. The van der Waals surface area contributed by atoms with Crippen molar-refractivity contribution in [1.29, 1.82) is 0 Å². The highest BCUT2D eigenvalue weighted by Crippen LogP contribution is 2.33. The van der Waals surface area contributed by atoms with Crippen LogP contribution in [0.2, 0.25) is 0 Å². The number of benzene rings is 2. The van der Waals surface area contributed by atoms with E-state index in [4.69, 9.17) is 9.57 Å². The first-order chi connectivity index (χ1) is 9.17. The SMILES string of the molecule is Cc1ccc(C2=NOC(C)(c3ccccc3)O2)cc1. The summed E-state index contributed by atoms with van der Waals surface area (Å²) >= 11 is 0. The Kier molecular flexibility index (Phi) is 2.75. The minimum atomic E-state index is -0.846. The topological polar surface area (TPSA) is 30.8 Å². The Hall–Kier alpha value is -2.29. The van der Waals surface area contributed by atoms with Crippen molar-refractivity contribution in [2.24, 2.45) is 5.16 Å². The lowest BCUT2D eigenvalue weighted by molar-refractivity contribution is -0.152. The van der Waals surface area contributed by atoms with Gasteiger partial charge in [0.25, 0.3) is 5.90 Å². The zero-order valence-electron chi connectivity index (χ0n) is 11.0. The Labute approximate surface area is 112 Å². The van der Waals surface area contributed by atoms with Gasteiger partial charge in [0.05, 0.1) is 0 Å². The third-order valence-electron chi connectivity index (χ3n) is 3.19. The fourth-order valence-corrected chi connectivity index (χ4v) is 2.01. The van der Waals surface area contributed by atoms with E-state index in [2.05, 4.69) is 5.16 Å². The molecule has 1 heterocycles. The molecule has 0 spiro atoms. The maximum atomic E-state index is 5.89. The van der Waals surface area contributed by atoms with E-state index in [1.807, 2.05) is 68.4 Å². The average molecular weight is 253 g/mol. The molecule has 0 fully saturated rings. The van der Waals surface area contributed by atoms with Gasteiger partial charge in [0.15, 0.2) is 0 Å². The van der Waals surface area contributed by atoms with Crippen LogP contribution in [0.15, 0.2) is 59.8 Å². The zero-order chi connectivity index (χ0) is 13.3. The molecule has 0 aromatic heterocycles. The predicted octanol–water partition coefficient (Wildman–Crippen LogP) is 3.58. The first-order valence-corrected chi connectivity index (χ1v) is 6.25. The number of rotatable bonds is 2. The Morgan fingerprint density at radius 1 is 0.947 bits per heavy atom. The van der Waals surface area contributed by atoms with Gasteiger partial charge in [-0.15, -0.1) is 0 Å². The lowest BCUT2D eigenvalue weighted by Crippen LogP contribution is -2.25. The Bertz CT molecular complexity index is 604. The maximum Gasteiger partial charge on any atom is 0.301 e. The molecule has 0 bridgehead atoms. The van der Waals surface area contributed by atoms with Gasteiger partial charge in [0.1, 0.15) is 0 Å². The molecular formula is C16H15NO2. The van der Waals surface area contributed by atoms with Crippen LogP contribution in [-0.2, 0) is 15.4 Å².